The summed E-state index contributed by atoms with van der Waals surface area (Å²) in [6.45, 7) is 5.33. The van der Waals surface area contributed by atoms with Gasteiger partial charge in [-0.1, -0.05) is 6.92 Å². The number of carbonyl (C=O) groups is 3. The molecule has 0 aromatic carbocycles. The number of amides is 2. The Morgan fingerprint density at radius 3 is 2.30 bits per heavy atom. The molecule has 0 bridgehead atoms. The Kier molecular flexibility index (Phi) is 5.31. The Balaban J connectivity index is 2.60. The van der Waals surface area contributed by atoms with Crippen LogP contribution in [0.3, 0.4) is 0 Å². The van der Waals surface area contributed by atoms with Crippen LogP contribution in [-0.4, -0.2) is 35.0 Å². The average molecular weight is 282 g/mol. The molecular weight excluding hydrogens is 264 g/mol. The molecule has 0 radical (unpaired) electrons. The molecule has 0 saturated carbocycles. The van der Waals surface area contributed by atoms with Crippen LogP contribution >= 0.6 is 0 Å². The molecule has 1 aromatic rings. The highest BCUT2D eigenvalue weighted by atomic mass is 16.4. The van der Waals surface area contributed by atoms with Crippen molar-refractivity contribution in [1.82, 2.24) is 10.6 Å². The van der Waals surface area contributed by atoms with E-state index in [2.05, 4.69) is 10.6 Å². The summed E-state index contributed by atoms with van der Waals surface area (Å²) in [5, 5.41) is 13.9. The van der Waals surface area contributed by atoms with E-state index in [1.165, 1.54) is 19.1 Å². The SMILES string of the molecule is CCC(C)NC(=O)C(C)NC(=O)c1ccc(C(=O)O)o1. The van der Waals surface area contributed by atoms with E-state index >= 15 is 0 Å². The average Bonchev–Trinajstić information content (AvgIpc) is 2.88. The maximum absolute atomic E-state index is 11.8. The Hall–Kier alpha value is -2.31. The standard InChI is InChI=1S/C13H18N2O5/c1-4-7(2)14-11(16)8(3)15-12(17)9-5-6-10(20-9)13(18)19/h5-8H,4H2,1-3H3,(H,14,16)(H,15,17)(H,18,19). The maximum Gasteiger partial charge on any atom is 0.371 e. The summed E-state index contributed by atoms with van der Waals surface area (Å²) in [4.78, 5) is 34.1. The van der Waals surface area contributed by atoms with E-state index in [0.29, 0.717) is 0 Å². The molecule has 0 fully saturated rings. The lowest BCUT2D eigenvalue weighted by Crippen LogP contribution is -2.47. The van der Waals surface area contributed by atoms with Crippen LogP contribution in [0.15, 0.2) is 16.5 Å². The number of nitrogens with one attached hydrogen (secondary N) is 2. The molecule has 0 saturated heterocycles. The largest absolute Gasteiger partial charge is 0.475 e. The summed E-state index contributed by atoms with van der Waals surface area (Å²) in [6.07, 6.45) is 0.784. The van der Waals surface area contributed by atoms with E-state index in [-0.39, 0.29) is 23.5 Å². The van der Waals surface area contributed by atoms with Gasteiger partial charge in [0.1, 0.15) is 6.04 Å². The second kappa shape index (κ2) is 6.74. The number of rotatable bonds is 6. The number of hydrogen-bond acceptors (Lipinski definition) is 4. The highest BCUT2D eigenvalue weighted by Crippen LogP contribution is 2.08. The molecule has 7 nitrogen and oxygen atoms in total. The monoisotopic (exact) mass is 282 g/mol. The summed E-state index contributed by atoms with van der Waals surface area (Å²) < 4.78 is 4.85. The predicted octanol–water partition coefficient (Wildman–Crippen LogP) is 1.01. The fourth-order valence-electron chi connectivity index (χ4n) is 1.38. The molecule has 1 rings (SSSR count). The lowest BCUT2D eigenvalue weighted by Gasteiger charge is -2.16. The molecular formula is C13H18N2O5. The smallest absolute Gasteiger partial charge is 0.371 e. The van der Waals surface area contributed by atoms with Crippen molar-refractivity contribution in [3.05, 3.63) is 23.7 Å². The van der Waals surface area contributed by atoms with E-state index in [9.17, 15) is 14.4 Å². The summed E-state index contributed by atoms with van der Waals surface area (Å²) >= 11 is 0. The summed E-state index contributed by atoms with van der Waals surface area (Å²) in [5.74, 6) is -2.67. The second-order valence-corrected chi connectivity index (χ2v) is 4.48. The fraction of sp³-hybridized carbons (Fsp3) is 0.462. The van der Waals surface area contributed by atoms with E-state index in [0.717, 1.165) is 6.42 Å². The van der Waals surface area contributed by atoms with Crippen LogP contribution in [0.4, 0.5) is 0 Å². The first-order valence-electron chi connectivity index (χ1n) is 6.29. The third-order valence-corrected chi connectivity index (χ3v) is 2.78. The van der Waals surface area contributed by atoms with Gasteiger partial charge in [-0.25, -0.2) is 4.79 Å². The number of furan rings is 1. The second-order valence-electron chi connectivity index (χ2n) is 4.48. The molecule has 3 N–H and O–H groups in total. The van der Waals surface area contributed by atoms with Gasteiger partial charge < -0.3 is 20.2 Å². The van der Waals surface area contributed by atoms with Crippen molar-refractivity contribution in [2.45, 2.75) is 39.3 Å². The molecule has 1 aromatic heterocycles. The number of hydrogen-bond donors (Lipinski definition) is 3. The number of carbonyl (C=O) groups excluding carboxylic acids is 2. The molecule has 7 heteroatoms. The zero-order valence-electron chi connectivity index (χ0n) is 11.6. The highest BCUT2D eigenvalue weighted by molar-refractivity contribution is 5.96. The van der Waals surface area contributed by atoms with Gasteiger partial charge in [-0.05, 0) is 32.4 Å². The van der Waals surface area contributed by atoms with Gasteiger partial charge in [0.25, 0.3) is 5.91 Å². The van der Waals surface area contributed by atoms with Crippen LogP contribution in [0.2, 0.25) is 0 Å². The van der Waals surface area contributed by atoms with E-state index in [1.807, 2.05) is 13.8 Å². The van der Waals surface area contributed by atoms with Gasteiger partial charge in [0.15, 0.2) is 5.76 Å². The van der Waals surface area contributed by atoms with Gasteiger partial charge in [-0.2, -0.15) is 0 Å². The minimum absolute atomic E-state index is 0.0177. The molecule has 1 heterocycles. The molecule has 20 heavy (non-hydrogen) atoms. The first-order valence-corrected chi connectivity index (χ1v) is 6.29. The third-order valence-electron chi connectivity index (χ3n) is 2.78. The van der Waals surface area contributed by atoms with Crippen LogP contribution in [0.5, 0.6) is 0 Å². The highest BCUT2D eigenvalue weighted by Gasteiger charge is 2.20. The Bertz CT molecular complexity index is 509. The summed E-state index contributed by atoms with van der Waals surface area (Å²) in [5.41, 5.74) is 0. The van der Waals surface area contributed by atoms with Crippen molar-refractivity contribution in [2.24, 2.45) is 0 Å². The van der Waals surface area contributed by atoms with Crippen LogP contribution in [0.1, 0.15) is 48.3 Å². The van der Waals surface area contributed by atoms with Crippen LogP contribution in [-0.2, 0) is 4.79 Å². The topological polar surface area (TPSA) is 109 Å². The Morgan fingerprint density at radius 1 is 1.20 bits per heavy atom. The number of carboxylic acid groups (broad SMARTS) is 1. The third kappa shape index (κ3) is 4.11. The summed E-state index contributed by atoms with van der Waals surface area (Å²) in [7, 11) is 0. The predicted molar refractivity (Wildman–Crippen MR) is 70.5 cm³/mol. The molecule has 0 spiro atoms. The van der Waals surface area contributed by atoms with Crippen molar-refractivity contribution >= 4 is 17.8 Å². The van der Waals surface area contributed by atoms with Crippen LogP contribution < -0.4 is 10.6 Å². The van der Waals surface area contributed by atoms with Crippen molar-refractivity contribution in [3.63, 3.8) is 0 Å². The first kappa shape index (κ1) is 15.7. The van der Waals surface area contributed by atoms with Gasteiger partial charge in [0.2, 0.25) is 11.7 Å². The lowest BCUT2D eigenvalue weighted by molar-refractivity contribution is -0.123. The van der Waals surface area contributed by atoms with Gasteiger partial charge in [0.05, 0.1) is 0 Å². The van der Waals surface area contributed by atoms with Crippen molar-refractivity contribution in [2.75, 3.05) is 0 Å². The molecule has 0 aliphatic carbocycles. The van der Waals surface area contributed by atoms with Crippen molar-refractivity contribution in [3.8, 4) is 0 Å². The fourth-order valence-corrected chi connectivity index (χ4v) is 1.38. The number of aromatic carboxylic acids is 1. The van der Waals surface area contributed by atoms with Crippen molar-refractivity contribution in [1.29, 1.82) is 0 Å². The summed E-state index contributed by atoms with van der Waals surface area (Å²) in [6, 6.07) is 1.71. The zero-order valence-corrected chi connectivity index (χ0v) is 11.6. The minimum atomic E-state index is -1.26. The Labute approximate surface area is 116 Å². The molecule has 110 valence electrons. The van der Waals surface area contributed by atoms with Gasteiger partial charge in [0, 0.05) is 6.04 Å². The molecule has 2 unspecified atom stereocenters. The van der Waals surface area contributed by atoms with Crippen LogP contribution in [0, 0.1) is 0 Å². The van der Waals surface area contributed by atoms with E-state index in [4.69, 9.17) is 9.52 Å². The Morgan fingerprint density at radius 2 is 1.80 bits per heavy atom. The first-order chi connectivity index (χ1) is 9.35. The maximum atomic E-state index is 11.8. The molecule has 2 atom stereocenters. The zero-order chi connectivity index (χ0) is 15.3. The van der Waals surface area contributed by atoms with Gasteiger partial charge >= 0.3 is 5.97 Å². The van der Waals surface area contributed by atoms with E-state index < -0.39 is 17.9 Å². The van der Waals surface area contributed by atoms with Gasteiger partial charge in [-0.15, -0.1) is 0 Å². The van der Waals surface area contributed by atoms with Crippen LogP contribution in [0.25, 0.3) is 0 Å². The van der Waals surface area contributed by atoms with Crippen molar-refractivity contribution < 1.29 is 23.9 Å². The quantitative estimate of drug-likeness (QED) is 0.721. The molecule has 2 amide bonds. The molecule has 0 aliphatic heterocycles. The van der Waals surface area contributed by atoms with E-state index in [1.54, 1.807) is 0 Å². The van der Waals surface area contributed by atoms with Gasteiger partial charge in [-0.3, -0.25) is 9.59 Å². The normalized spacial score (nSPS) is 13.3. The number of carboxylic acids is 1. The minimum Gasteiger partial charge on any atom is -0.475 e. The lowest BCUT2D eigenvalue weighted by atomic mass is 10.2. The molecule has 0 aliphatic rings.